The molecule has 0 radical (unpaired) electrons. The molecule has 0 saturated carbocycles. The maximum atomic E-state index is 11.9. The second kappa shape index (κ2) is 5.30. The molecule has 0 aliphatic rings. The van der Waals surface area contributed by atoms with Crippen molar-refractivity contribution in [3.63, 3.8) is 0 Å². The Hall–Kier alpha value is -2.40. The van der Waals surface area contributed by atoms with E-state index >= 15 is 0 Å². The van der Waals surface area contributed by atoms with Gasteiger partial charge < -0.3 is 0 Å². The molecule has 0 saturated heterocycles. The third-order valence-electron chi connectivity index (χ3n) is 2.82. The molecule has 0 atom stereocenters. The maximum absolute atomic E-state index is 11.9. The summed E-state index contributed by atoms with van der Waals surface area (Å²) in [6.07, 6.45) is 1.72. The van der Waals surface area contributed by atoms with Gasteiger partial charge in [0.2, 0.25) is 0 Å². The molecule has 2 aromatic heterocycles. The fourth-order valence-corrected chi connectivity index (χ4v) is 2.80. The highest BCUT2D eigenvalue weighted by molar-refractivity contribution is 7.22. The van der Waals surface area contributed by atoms with E-state index in [1.807, 2.05) is 43.3 Å². The number of anilines is 2. The summed E-state index contributed by atoms with van der Waals surface area (Å²) in [6, 6.07) is 13.4. The summed E-state index contributed by atoms with van der Waals surface area (Å²) in [6.45, 7) is 1.95. The predicted octanol–water partition coefficient (Wildman–Crippen LogP) is 4.25. The molecule has 4 nitrogen and oxygen atoms in total. The van der Waals surface area contributed by atoms with Crippen molar-refractivity contribution in [2.45, 2.75) is 6.92 Å². The van der Waals surface area contributed by atoms with Crippen LogP contribution in [-0.2, 0) is 0 Å². The summed E-state index contributed by atoms with van der Waals surface area (Å²) in [5.41, 5.74) is 1.06. The van der Waals surface area contributed by atoms with Crippen LogP contribution in [0.25, 0.3) is 10.1 Å². The van der Waals surface area contributed by atoms with Crippen molar-refractivity contribution in [2.24, 2.45) is 0 Å². The van der Waals surface area contributed by atoms with Gasteiger partial charge >= 0.3 is 6.03 Å². The molecule has 0 aliphatic carbocycles. The van der Waals surface area contributed by atoms with E-state index in [9.17, 15) is 4.79 Å². The van der Waals surface area contributed by atoms with Gasteiger partial charge in [-0.15, -0.1) is 11.3 Å². The van der Waals surface area contributed by atoms with Gasteiger partial charge in [-0.25, -0.2) is 9.78 Å². The third kappa shape index (κ3) is 2.78. The Morgan fingerprint density at radius 1 is 1.15 bits per heavy atom. The van der Waals surface area contributed by atoms with Crippen LogP contribution in [0.2, 0.25) is 0 Å². The highest BCUT2D eigenvalue weighted by Gasteiger charge is 2.06. The summed E-state index contributed by atoms with van der Waals surface area (Å²) in [5, 5.41) is 7.47. The van der Waals surface area contributed by atoms with Crippen LogP contribution in [0.3, 0.4) is 0 Å². The van der Waals surface area contributed by atoms with E-state index in [1.165, 1.54) is 0 Å². The lowest BCUT2D eigenvalue weighted by Crippen LogP contribution is -2.19. The number of aryl methyl sites for hydroxylation is 1. The maximum Gasteiger partial charge on any atom is 0.325 e. The predicted molar refractivity (Wildman–Crippen MR) is 83.4 cm³/mol. The van der Waals surface area contributed by atoms with Crippen molar-refractivity contribution in [1.29, 1.82) is 0 Å². The van der Waals surface area contributed by atoms with Gasteiger partial charge in [0, 0.05) is 10.9 Å². The number of rotatable bonds is 2. The second-order valence-corrected chi connectivity index (χ2v) is 5.53. The Morgan fingerprint density at radius 2 is 2.00 bits per heavy atom. The van der Waals surface area contributed by atoms with Crippen LogP contribution in [-0.4, -0.2) is 11.0 Å². The van der Waals surface area contributed by atoms with Crippen molar-refractivity contribution >= 4 is 38.3 Å². The Morgan fingerprint density at radius 3 is 2.75 bits per heavy atom. The van der Waals surface area contributed by atoms with Crippen LogP contribution in [0.1, 0.15) is 5.56 Å². The van der Waals surface area contributed by atoms with E-state index in [-0.39, 0.29) is 6.03 Å². The molecule has 0 unspecified atom stereocenters. The molecule has 2 amide bonds. The molecule has 0 bridgehead atoms. The zero-order valence-corrected chi connectivity index (χ0v) is 11.7. The lowest BCUT2D eigenvalue weighted by Gasteiger charge is -2.04. The van der Waals surface area contributed by atoms with E-state index in [4.69, 9.17) is 0 Å². The van der Waals surface area contributed by atoms with Crippen molar-refractivity contribution in [3.8, 4) is 0 Å². The second-order valence-electron chi connectivity index (χ2n) is 4.45. The van der Waals surface area contributed by atoms with Crippen molar-refractivity contribution in [3.05, 3.63) is 54.2 Å². The standard InChI is InChI=1S/C15H13N3OS/c1-10-6-7-13(16-9-10)17-15(19)18-14-8-11-4-2-3-5-12(11)20-14/h2-9H,1H3,(H2,16,17,18,19). The topological polar surface area (TPSA) is 54.0 Å². The quantitative estimate of drug-likeness (QED) is 0.738. The molecular weight excluding hydrogens is 270 g/mol. The van der Waals surface area contributed by atoms with E-state index in [1.54, 1.807) is 23.6 Å². The van der Waals surface area contributed by atoms with Crippen LogP contribution >= 0.6 is 11.3 Å². The molecule has 2 heterocycles. The van der Waals surface area contributed by atoms with E-state index in [2.05, 4.69) is 15.6 Å². The summed E-state index contributed by atoms with van der Waals surface area (Å²) in [7, 11) is 0. The summed E-state index contributed by atoms with van der Waals surface area (Å²) >= 11 is 1.55. The minimum absolute atomic E-state index is 0.284. The fraction of sp³-hybridized carbons (Fsp3) is 0.0667. The first kappa shape index (κ1) is 12.6. The number of amides is 2. The number of benzene rings is 1. The Kier molecular flexibility index (Phi) is 3.35. The minimum atomic E-state index is -0.284. The number of aromatic nitrogens is 1. The number of carbonyl (C=O) groups is 1. The van der Waals surface area contributed by atoms with Crippen LogP contribution in [0, 0.1) is 6.92 Å². The van der Waals surface area contributed by atoms with Gasteiger partial charge in [-0.1, -0.05) is 24.3 Å². The average Bonchev–Trinajstić information content (AvgIpc) is 2.83. The molecular formula is C15H13N3OS. The highest BCUT2D eigenvalue weighted by atomic mass is 32.1. The molecule has 3 aromatic rings. The lowest BCUT2D eigenvalue weighted by atomic mass is 10.3. The van der Waals surface area contributed by atoms with Crippen molar-refractivity contribution in [1.82, 2.24) is 4.98 Å². The number of nitrogens with zero attached hydrogens (tertiary/aromatic N) is 1. The SMILES string of the molecule is Cc1ccc(NC(=O)Nc2cc3ccccc3s2)nc1. The van der Waals surface area contributed by atoms with Crippen LogP contribution < -0.4 is 10.6 Å². The van der Waals surface area contributed by atoms with Gasteiger partial charge in [-0.3, -0.25) is 10.6 Å². The highest BCUT2D eigenvalue weighted by Crippen LogP contribution is 2.29. The van der Waals surface area contributed by atoms with Crippen molar-refractivity contribution in [2.75, 3.05) is 10.6 Å². The molecule has 5 heteroatoms. The largest absolute Gasteiger partial charge is 0.325 e. The monoisotopic (exact) mass is 283 g/mol. The molecule has 0 spiro atoms. The van der Waals surface area contributed by atoms with E-state index < -0.39 is 0 Å². The summed E-state index contributed by atoms with van der Waals surface area (Å²) in [4.78, 5) is 16.0. The Balaban J connectivity index is 1.70. The van der Waals surface area contributed by atoms with E-state index in [0.717, 1.165) is 20.7 Å². The van der Waals surface area contributed by atoms with Crippen molar-refractivity contribution < 1.29 is 4.79 Å². The number of carbonyl (C=O) groups excluding carboxylic acids is 1. The molecule has 3 rings (SSSR count). The van der Waals surface area contributed by atoms with Crippen LogP contribution in [0.15, 0.2) is 48.7 Å². The van der Waals surface area contributed by atoms with Crippen LogP contribution in [0.4, 0.5) is 15.6 Å². The number of thiophene rings is 1. The zero-order chi connectivity index (χ0) is 13.9. The minimum Gasteiger partial charge on any atom is -0.299 e. The molecule has 0 fully saturated rings. The summed E-state index contributed by atoms with van der Waals surface area (Å²) in [5.74, 6) is 0.536. The first-order valence-electron chi connectivity index (χ1n) is 6.20. The molecule has 0 aliphatic heterocycles. The zero-order valence-electron chi connectivity index (χ0n) is 10.9. The van der Waals surface area contributed by atoms with Crippen LogP contribution in [0.5, 0.6) is 0 Å². The number of pyridine rings is 1. The molecule has 2 N–H and O–H groups in total. The Bertz CT molecular complexity index is 716. The van der Waals surface area contributed by atoms with E-state index in [0.29, 0.717) is 5.82 Å². The molecule has 100 valence electrons. The fourth-order valence-electron chi connectivity index (χ4n) is 1.84. The normalized spacial score (nSPS) is 10.4. The smallest absolute Gasteiger partial charge is 0.299 e. The molecule has 1 aromatic carbocycles. The summed E-state index contributed by atoms with van der Waals surface area (Å²) < 4.78 is 1.15. The van der Waals surface area contributed by atoms with Gasteiger partial charge in [0.15, 0.2) is 0 Å². The van der Waals surface area contributed by atoms with Gasteiger partial charge in [0.05, 0.1) is 5.00 Å². The van der Waals surface area contributed by atoms with Gasteiger partial charge in [-0.05, 0) is 36.1 Å². The number of hydrogen-bond donors (Lipinski definition) is 2. The van der Waals surface area contributed by atoms with Gasteiger partial charge in [0.25, 0.3) is 0 Å². The lowest BCUT2D eigenvalue weighted by molar-refractivity contribution is 0.262. The number of fused-ring (bicyclic) bond motifs is 1. The third-order valence-corrected chi connectivity index (χ3v) is 3.85. The van der Waals surface area contributed by atoms with Gasteiger partial charge in [-0.2, -0.15) is 0 Å². The number of urea groups is 1. The Labute approximate surface area is 120 Å². The average molecular weight is 283 g/mol. The number of hydrogen-bond acceptors (Lipinski definition) is 3. The first-order valence-corrected chi connectivity index (χ1v) is 7.01. The molecule has 20 heavy (non-hydrogen) atoms. The van der Waals surface area contributed by atoms with Gasteiger partial charge in [0.1, 0.15) is 5.82 Å². The first-order chi connectivity index (χ1) is 9.70. The number of nitrogens with one attached hydrogen (secondary N) is 2.